The van der Waals surface area contributed by atoms with E-state index in [0.717, 1.165) is 43.4 Å². The number of unbranched alkanes of at least 4 members (excludes halogenated alkanes) is 7. The Morgan fingerprint density at radius 3 is 2.17 bits per heavy atom. The highest BCUT2D eigenvalue weighted by molar-refractivity contribution is 5.84. The fraction of sp³-hybridized carbons (Fsp3) is 0.577. The maximum atomic E-state index is 12.0. The van der Waals surface area contributed by atoms with Crippen molar-refractivity contribution in [2.75, 3.05) is 19.0 Å². The first-order valence-electron chi connectivity index (χ1n) is 11.4. The summed E-state index contributed by atoms with van der Waals surface area (Å²) in [6, 6.07) is 8.09. The first-order valence-corrected chi connectivity index (χ1v) is 11.4. The van der Waals surface area contributed by atoms with Gasteiger partial charge in [-0.3, -0.25) is 4.79 Å². The largest absolute Gasteiger partial charge is 0.377 e. The van der Waals surface area contributed by atoms with Crippen molar-refractivity contribution >= 4 is 11.6 Å². The van der Waals surface area contributed by atoms with Gasteiger partial charge < -0.3 is 10.6 Å². The van der Waals surface area contributed by atoms with E-state index in [2.05, 4.69) is 42.2 Å². The standard InChI is InChI=1S/C26H42N2O/c1-4-5-6-7-8-9-10-11-12-13-14-15-16-17-21-24(26(27)29)23-20-18-19-22-25(23)28(2)3/h8-9,11-12,18-20,22,24H,4-7,10,13-17,21H2,1-3H3,(H2,27,29)/b9-8-,12-11-. The number of anilines is 1. The van der Waals surface area contributed by atoms with Gasteiger partial charge in [0.25, 0.3) is 0 Å². The number of primary amides is 1. The summed E-state index contributed by atoms with van der Waals surface area (Å²) < 4.78 is 0. The lowest BCUT2D eigenvalue weighted by Crippen LogP contribution is -2.23. The Kier molecular flexibility index (Phi) is 13.7. The number of hydrogen-bond donors (Lipinski definition) is 1. The predicted octanol–water partition coefficient (Wildman–Crippen LogP) is 6.74. The Morgan fingerprint density at radius 2 is 1.55 bits per heavy atom. The van der Waals surface area contributed by atoms with E-state index in [1.54, 1.807) is 0 Å². The van der Waals surface area contributed by atoms with Crippen LogP contribution in [-0.4, -0.2) is 20.0 Å². The average Bonchev–Trinajstić information content (AvgIpc) is 2.70. The molecule has 0 saturated heterocycles. The topological polar surface area (TPSA) is 46.3 Å². The molecule has 1 aromatic carbocycles. The molecule has 0 aromatic heterocycles. The minimum Gasteiger partial charge on any atom is -0.377 e. The second kappa shape index (κ2) is 15.8. The minimum absolute atomic E-state index is 0.197. The lowest BCUT2D eigenvalue weighted by molar-refractivity contribution is -0.119. The highest BCUT2D eigenvalue weighted by atomic mass is 16.1. The van der Waals surface area contributed by atoms with Crippen LogP contribution in [0.15, 0.2) is 48.6 Å². The molecule has 1 aromatic rings. The SMILES string of the molecule is CCCCC/C=C\C/C=C\CCCCCCC(C(N)=O)c1ccccc1N(C)C. The molecule has 3 heteroatoms. The molecule has 1 unspecified atom stereocenters. The third kappa shape index (κ3) is 10.9. The minimum atomic E-state index is -0.218. The quantitative estimate of drug-likeness (QED) is 0.247. The zero-order chi connectivity index (χ0) is 21.3. The molecule has 1 amide bonds. The normalized spacial score (nSPS) is 12.7. The number of hydrogen-bond acceptors (Lipinski definition) is 2. The van der Waals surface area contributed by atoms with Crippen LogP contribution < -0.4 is 10.6 Å². The van der Waals surface area contributed by atoms with Crippen LogP contribution in [0, 0.1) is 0 Å². The molecule has 1 atom stereocenters. The van der Waals surface area contributed by atoms with E-state index in [4.69, 9.17) is 5.73 Å². The van der Waals surface area contributed by atoms with Gasteiger partial charge in [0, 0.05) is 19.8 Å². The first kappa shape index (κ1) is 25.0. The Balaban J connectivity index is 2.23. The molecule has 1 rings (SSSR count). The van der Waals surface area contributed by atoms with E-state index >= 15 is 0 Å². The van der Waals surface area contributed by atoms with E-state index in [9.17, 15) is 4.79 Å². The summed E-state index contributed by atoms with van der Waals surface area (Å²) in [6.07, 6.45) is 22.0. The number of nitrogens with zero attached hydrogens (tertiary/aromatic N) is 1. The molecule has 0 aliphatic carbocycles. The lowest BCUT2D eigenvalue weighted by Gasteiger charge is -2.22. The number of carbonyl (C=O) groups is 1. The van der Waals surface area contributed by atoms with Crippen LogP contribution in [0.2, 0.25) is 0 Å². The number of rotatable bonds is 16. The van der Waals surface area contributed by atoms with Crippen LogP contribution in [-0.2, 0) is 4.79 Å². The molecule has 2 N–H and O–H groups in total. The predicted molar refractivity (Wildman–Crippen MR) is 127 cm³/mol. The smallest absolute Gasteiger partial charge is 0.225 e. The molecular weight excluding hydrogens is 356 g/mol. The van der Waals surface area contributed by atoms with Gasteiger partial charge in [0.1, 0.15) is 0 Å². The van der Waals surface area contributed by atoms with Crippen molar-refractivity contribution in [3.8, 4) is 0 Å². The number of benzene rings is 1. The molecule has 0 aliphatic heterocycles. The van der Waals surface area contributed by atoms with Crippen molar-refractivity contribution in [1.29, 1.82) is 0 Å². The van der Waals surface area contributed by atoms with Crippen LogP contribution in [0.25, 0.3) is 0 Å². The van der Waals surface area contributed by atoms with Gasteiger partial charge in [-0.15, -0.1) is 0 Å². The summed E-state index contributed by atoms with van der Waals surface area (Å²) in [5, 5.41) is 0. The van der Waals surface area contributed by atoms with Gasteiger partial charge in [-0.05, 0) is 50.2 Å². The van der Waals surface area contributed by atoms with Gasteiger partial charge in [-0.1, -0.05) is 81.5 Å². The third-order valence-corrected chi connectivity index (χ3v) is 5.33. The summed E-state index contributed by atoms with van der Waals surface area (Å²) in [5.74, 6) is -0.414. The van der Waals surface area contributed by atoms with Crippen LogP contribution in [0.1, 0.15) is 89.0 Å². The van der Waals surface area contributed by atoms with Crippen LogP contribution >= 0.6 is 0 Å². The second-order valence-corrected chi connectivity index (χ2v) is 8.07. The molecular formula is C26H42N2O. The lowest BCUT2D eigenvalue weighted by atomic mass is 9.90. The van der Waals surface area contributed by atoms with Gasteiger partial charge >= 0.3 is 0 Å². The third-order valence-electron chi connectivity index (χ3n) is 5.33. The van der Waals surface area contributed by atoms with E-state index in [1.807, 2.05) is 32.3 Å². The highest BCUT2D eigenvalue weighted by Crippen LogP contribution is 2.30. The van der Waals surface area contributed by atoms with Crippen molar-refractivity contribution in [2.45, 2.75) is 83.5 Å². The Bertz CT molecular complexity index is 619. The van der Waals surface area contributed by atoms with Gasteiger partial charge in [0.15, 0.2) is 0 Å². The summed E-state index contributed by atoms with van der Waals surface area (Å²) in [7, 11) is 4.01. The fourth-order valence-corrected chi connectivity index (χ4v) is 3.62. The maximum absolute atomic E-state index is 12.0. The summed E-state index contributed by atoms with van der Waals surface area (Å²) in [5.41, 5.74) is 7.86. The van der Waals surface area contributed by atoms with Gasteiger partial charge in [0.05, 0.1) is 5.92 Å². The summed E-state index contributed by atoms with van der Waals surface area (Å²) >= 11 is 0. The van der Waals surface area contributed by atoms with Gasteiger partial charge in [-0.2, -0.15) is 0 Å². The van der Waals surface area contributed by atoms with E-state index in [-0.39, 0.29) is 11.8 Å². The Hall–Kier alpha value is -2.03. The van der Waals surface area contributed by atoms with E-state index in [1.165, 1.54) is 38.5 Å². The highest BCUT2D eigenvalue weighted by Gasteiger charge is 2.20. The second-order valence-electron chi connectivity index (χ2n) is 8.07. The van der Waals surface area contributed by atoms with Gasteiger partial charge in [0.2, 0.25) is 5.91 Å². The molecule has 0 aliphatic rings. The Labute approximate surface area is 179 Å². The molecule has 0 spiro atoms. The molecule has 29 heavy (non-hydrogen) atoms. The number of amides is 1. The van der Waals surface area contributed by atoms with Crippen LogP contribution in [0.5, 0.6) is 0 Å². The van der Waals surface area contributed by atoms with Crippen molar-refractivity contribution in [3.05, 3.63) is 54.1 Å². The zero-order valence-corrected chi connectivity index (χ0v) is 18.9. The van der Waals surface area contributed by atoms with Crippen LogP contribution in [0.4, 0.5) is 5.69 Å². The first-order chi connectivity index (χ1) is 14.1. The van der Waals surface area contributed by atoms with Gasteiger partial charge in [-0.25, -0.2) is 0 Å². The molecule has 0 fully saturated rings. The number of carbonyl (C=O) groups excluding carboxylic acids is 1. The number of para-hydroxylation sites is 1. The molecule has 0 radical (unpaired) electrons. The zero-order valence-electron chi connectivity index (χ0n) is 18.9. The number of allylic oxidation sites excluding steroid dienone is 4. The van der Waals surface area contributed by atoms with Crippen molar-refractivity contribution in [1.82, 2.24) is 0 Å². The average molecular weight is 399 g/mol. The van der Waals surface area contributed by atoms with Crippen LogP contribution in [0.3, 0.4) is 0 Å². The maximum Gasteiger partial charge on any atom is 0.225 e. The fourth-order valence-electron chi connectivity index (χ4n) is 3.62. The summed E-state index contributed by atoms with van der Waals surface area (Å²) in [6.45, 7) is 2.24. The molecule has 162 valence electrons. The molecule has 0 bridgehead atoms. The molecule has 0 heterocycles. The molecule has 0 saturated carbocycles. The van der Waals surface area contributed by atoms with Crippen molar-refractivity contribution in [2.24, 2.45) is 5.73 Å². The molecule has 3 nitrogen and oxygen atoms in total. The van der Waals surface area contributed by atoms with Crippen molar-refractivity contribution in [3.63, 3.8) is 0 Å². The Morgan fingerprint density at radius 1 is 0.931 bits per heavy atom. The van der Waals surface area contributed by atoms with Crippen molar-refractivity contribution < 1.29 is 4.79 Å². The van der Waals surface area contributed by atoms with E-state index in [0.29, 0.717) is 0 Å². The monoisotopic (exact) mass is 398 g/mol. The van der Waals surface area contributed by atoms with E-state index < -0.39 is 0 Å². The number of nitrogens with two attached hydrogens (primary N) is 1. The summed E-state index contributed by atoms with van der Waals surface area (Å²) in [4.78, 5) is 14.1.